The Morgan fingerprint density at radius 1 is 0.927 bits per heavy atom. The number of amides is 2. The fourth-order valence-electron chi connectivity index (χ4n) is 6.21. The Kier molecular flexibility index (Phi) is 8.99. The number of aliphatic carboxylic acids is 1. The molecule has 0 spiro atoms. The van der Waals surface area contributed by atoms with E-state index in [9.17, 15) is 19.5 Å². The predicted molar refractivity (Wildman–Crippen MR) is 156 cm³/mol. The van der Waals surface area contributed by atoms with Gasteiger partial charge in [-0.15, -0.1) is 0 Å². The summed E-state index contributed by atoms with van der Waals surface area (Å²) < 4.78 is 5.72. The quantitative estimate of drug-likeness (QED) is 0.318. The van der Waals surface area contributed by atoms with Gasteiger partial charge in [-0.25, -0.2) is 4.79 Å². The fraction of sp³-hybridized carbons (Fsp3) is 0.364. The van der Waals surface area contributed by atoms with Crippen LogP contribution >= 0.6 is 0 Å². The summed E-state index contributed by atoms with van der Waals surface area (Å²) in [7, 11) is 1.89. The molecular weight excluding hydrogens is 518 g/mol. The van der Waals surface area contributed by atoms with Crippen molar-refractivity contribution in [2.45, 2.75) is 37.8 Å². The van der Waals surface area contributed by atoms with Crippen LogP contribution in [0.1, 0.15) is 41.9 Å². The van der Waals surface area contributed by atoms with E-state index in [4.69, 9.17) is 4.74 Å². The first-order valence-electron chi connectivity index (χ1n) is 14.2. The number of alkyl carbamates (subject to hydrolysis) is 1. The Morgan fingerprint density at radius 2 is 1.56 bits per heavy atom. The summed E-state index contributed by atoms with van der Waals surface area (Å²) in [5, 5.41) is 15.2. The number of carboxylic acid groups (broad SMARTS) is 1. The van der Waals surface area contributed by atoms with Crippen LogP contribution in [-0.4, -0.2) is 60.8 Å². The molecule has 2 aliphatic carbocycles. The number of hydrogen-bond donors (Lipinski definition) is 3. The van der Waals surface area contributed by atoms with Crippen molar-refractivity contribution in [1.82, 2.24) is 15.5 Å². The van der Waals surface area contributed by atoms with E-state index in [2.05, 4.69) is 34.9 Å². The first-order chi connectivity index (χ1) is 19.9. The van der Waals surface area contributed by atoms with Crippen molar-refractivity contribution in [2.75, 3.05) is 26.7 Å². The molecule has 1 unspecified atom stereocenters. The van der Waals surface area contributed by atoms with Gasteiger partial charge in [0.2, 0.25) is 5.91 Å². The first-order valence-corrected chi connectivity index (χ1v) is 14.2. The Balaban J connectivity index is 1.24. The molecule has 8 heteroatoms. The molecule has 3 aromatic rings. The maximum Gasteiger partial charge on any atom is 0.407 e. The second-order valence-electron chi connectivity index (χ2n) is 11.1. The second kappa shape index (κ2) is 13.0. The molecule has 214 valence electrons. The lowest BCUT2D eigenvalue weighted by molar-refractivity contribution is -0.143. The van der Waals surface area contributed by atoms with Gasteiger partial charge < -0.3 is 20.5 Å². The molecule has 0 radical (unpaired) electrons. The summed E-state index contributed by atoms with van der Waals surface area (Å²) in [6.07, 6.45) is 1.55. The van der Waals surface area contributed by atoms with Gasteiger partial charge in [-0.05, 0) is 53.6 Å². The lowest BCUT2D eigenvalue weighted by Gasteiger charge is -2.25. The Bertz CT molecular complexity index is 1330. The molecule has 0 saturated heterocycles. The normalized spacial score (nSPS) is 18.4. The third kappa shape index (κ3) is 6.77. The van der Waals surface area contributed by atoms with Gasteiger partial charge in [0.25, 0.3) is 0 Å². The molecule has 0 aliphatic heterocycles. The summed E-state index contributed by atoms with van der Waals surface area (Å²) >= 11 is 0. The number of benzene rings is 3. The summed E-state index contributed by atoms with van der Waals surface area (Å²) in [5.74, 6) is -1.83. The molecule has 3 N–H and O–H groups in total. The number of nitrogens with zero attached hydrogens (tertiary/aromatic N) is 1. The van der Waals surface area contributed by atoms with Crippen molar-refractivity contribution in [3.05, 3.63) is 95.6 Å². The highest BCUT2D eigenvalue weighted by Crippen LogP contribution is 2.44. The van der Waals surface area contributed by atoms with Crippen molar-refractivity contribution < 1.29 is 24.2 Å². The minimum absolute atomic E-state index is 0.0866. The summed E-state index contributed by atoms with van der Waals surface area (Å²) in [6, 6.07) is 25.3. The topological polar surface area (TPSA) is 108 Å². The number of hydrogen-bond acceptors (Lipinski definition) is 5. The van der Waals surface area contributed by atoms with Crippen LogP contribution in [0.4, 0.5) is 4.79 Å². The SMILES string of the molecule is CN(Cc1ccccc1)CC(NC(=O)OCC1c2ccccc2-c2ccccc21)C(=O)NC[C@H]1CCC[C@H]1C(=O)O. The van der Waals surface area contributed by atoms with Gasteiger partial charge in [-0.1, -0.05) is 85.3 Å². The molecule has 41 heavy (non-hydrogen) atoms. The molecule has 0 heterocycles. The maximum absolute atomic E-state index is 13.3. The summed E-state index contributed by atoms with van der Waals surface area (Å²) in [5.41, 5.74) is 5.60. The first kappa shape index (κ1) is 28.4. The van der Waals surface area contributed by atoms with Gasteiger partial charge in [0.1, 0.15) is 12.6 Å². The third-order valence-corrected chi connectivity index (χ3v) is 8.26. The summed E-state index contributed by atoms with van der Waals surface area (Å²) in [6.45, 7) is 1.27. The molecule has 2 aliphatic rings. The molecule has 3 atom stereocenters. The van der Waals surface area contributed by atoms with Gasteiger partial charge in [-0.3, -0.25) is 14.5 Å². The van der Waals surface area contributed by atoms with Crippen molar-refractivity contribution in [1.29, 1.82) is 0 Å². The standard InChI is InChI=1S/C33H37N3O5/c1-36(19-22-10-3-2-4-11-22)20-30(31(37)34-18-23-12-9-17-24(23)32(38)39)35-33(40)41-21-29-27-15-7-5-13-25(27)26-14-6-8-16-28(26)29/h2-8,10-11,13-16,23-24,29-30H,9,12,17-21H2,1H3,(H,34,37)(H,35,40)(H,38,39)/t23-,24-,30?/m1/s1. The third-order valence-electron chi connectivity index (χ3n) is 8.26. The summed E-state index contributed by atoms with van der Waals surface area (Å²) in [4.78, 5) is 40.0. The van der Waals surface area contributed by atoms with Crippen LogP contribution in [0.3, 0.4) is 0 Å². The molecule has 5 rings (SSSR count). The monoisotopic (exact) mass is 555 g/mol. The van der Waals surface area contributed by atoms with Crippen LogP contribution in [0.25, 0.3) is 11.1 Å². The number of fused-ring (bicyclic) bond motifs is 3. The lowest BCUT2D eigenvalue weighted by atomic mass is 9.96. The van der Waals surface area contributed by atoms with Gasteiger partial charge in [0.05, 0.1) is 5.92 Å². The van der Waals surface area contributed by atoms with Crippen LogP contribution in [-0.2, 0) is 20.9 Å². The molecule has 1 fully saturated rings. The Hall–Kier alpha value is -4.17. The second-order valence-corrected chi connectivity index (χ2v) is 11.1. The largest absolute Gasteiger partial charge is 0.481 e. The zero-order valence-electron chi connectivity index (χ0n) is 23.3. The van der Waals surface area contributed by atoms with Crippen LogP contribution in [0.15, 0.2) is 78.9 Å². The van der Waals surface area contributed by atoms with E-state index in [1.165, 1.54) is 0 Å². The molecule has 1 saturated carbocycles. The Labute approximate surface area is 240 Å². The molecule has 0 bridgehead atoms. The highest BCUT2D eigenvalue weighted by atomic mass is 16.5. The van der Waals surface area contributed by atoms with Crippen molar-refractivity contribution in [2.24, 2.45) is 11.8 Å². The van der Waals surface area contributed by atoms with Gasteiger partial charge in [-0.2, -0.15) is 0 Å². The Morgan fingerprint density at radius 3 is 2.22 bits per heavy atom. The molecule has 3 aromatic carbocycles. The van der Waals surface area contributed by atoms with Crippen LogP contribution in [0.2, 0.25) is 0 Å². The number of carboxylic acids is 1. The van der Waals surface area contributed by atoms with Crippen LogP contribution in [0, 0.1) is 11.8 Å². The van der Waals surface area contributed by atoms with Crippen LogP contribution in [0.5, 0.6) is 0 Å². The number of rotatable bonds is 11. The van der Waals surface area contributed by atoms with E-state index in [1.807, 2.05) is 66.5 Å². The minimum atomic E-state index is -0.871. The van der Waals surface area contributed by atoms with Crippen LogP contribution < -0.4 is 10.6 Å². The van der Waals surface area contributed by atoms with E-state index in [0.29, 0.717) is 13.0 Å². The van der Waals surface area contributed by atoms with E-state index < -0.39 is 24.0 Å². The average molecular weight is 556 g/mol. The average Bonchev–Trinajstić information content (AvgIpc) is 3.58. The van der Waals surface area contributed by atoms with Gasteiger partial charge in [0.15, 0.2) is 0 Å². The van der Waals surface area contributed by atoms with Crippen molar-refractivity contribution in [3.8, 4) is 11.1 Å². The van der Waals surface area contributed by atoms with Crippen molar-refractivity contribution >= 4 is 18.0 Å². The molecule has 0 aromatic heterocycles. The fourth-order valence-corrected chi connectivity index (χ4v) is 6.21. The van der Waals surface area contributed by atoms with Gasteiger partial charge >= 0.3 is 12.1 Å². The zero-order chi connectivity index (χ0) is 28.8. The maximum atomic E-state index is 13.3. The lowest BCUT2D eigenvalue weighted by Crippen LogP contribution is -2.53. The van der Waals surface area contributed by atoms with E-state index >= 15 is 0 Å². The zero-order valence-corrected chi connectivity index (χ0v) is 23.3. The number of carbonyl (C=O) groups excluding carboxylic acids is 2. The highest BCUT2D eigenvalue weighted by Gasteiger charge is 2.34. The number of carbonyl (C=O) groups is 3. The smallest absolute Gasteiger partial charge is 0.407 e. The number of nitrogens with one attached hydrogen (secondary N) is 2. The van der Waals surface area contributed by atoms with Gasteiger partial charge in [0, 0.05) is 25.6 Å². The number of likely N-dealkylation sites (N-methyl/N-ethyl adjacent to an activating group) is 1. The highest BCUT2D eigenvalue weighted by molar-refractivity contribution is 5.86. The predicted octanol–water partition coefficient (Wildman–Crippen LogP) is 4.64. The minimum Gasteiger partial charge on any atom is -0.481 e. The van der Waals surface area contributed by atoms with E-state index in [-0.39, 0.29) is 37.4 Å². The van der Waals surface area contributed by atoms with E-state index in [0.717, 1.165) is 40.7 Å². The van der Waals surface area contributed by atoms with Crippen molar-refractivity contribution in [3.63, 3.8) is 0 Å². The van der Waals surface area contributed by atoms with E-state index in [1.54, 1.807) is 0 Å². The molecule has 2 amide bonds. The molecular formula is C33H37N3O5. The molecule has 8 nitrogen and oxygen atoms in total. The number of ether oxygens (including phenoxy) is 1.